The van der Waals surface area contributed by atoms with Gasteiger partial charge < -0.3 is 9.88 Å². The van der Waals surface area contributed by atoms with E-state index in [9.17, 15) is 4.79 Å². The molecule has 1 atom stereocenters. The first-order chi connectivity index (χ1) is 12.8. The molecule has 3 rings (SSSR count). The summed E-state index contributed by atoms with van der Waals surface area (Å²) >= 11 is 0. The molecule has 0 bridgehead atoms. The van der Waals surface area contributed by atoms with E-state index in [2.05, 4.69) is 10.3 Å². The van der Waals surface area contributed by atoms with E-state index in [4.69, 9.17) is 5.21 Å². The van der Waals surface area contributed by atoms with Crippen LogP contribution in [0.25, 0.3) is 0 Å². The number of rotatable bonds is 8. The van der Waals surface area contributed by atoms with Crippen molar-refractivity contribution in [3.05, 3.63) is 84.4 Å². The molecule has 1 heterocycles. The van der Waals surface area contributed by atoms with Crippen LogP contribution in [0.3, 0.4) is 0 Å². The van der Waals surface area contributed by atoms with E-state index < -0.39 is 11.8 Å². The lowest BCUT2D eigenvalue weighted by Crippen LogP contribution is -2.27. The van der Waals surface area contributed by atoms with Gasteiger partial charge in [0.05, 0.1) is 12.2 Å². The van der Waals surface area contributed by atoms with E-state index in [1.54, 1.807) is 18.0 Å². The molecule has 0 saturated heterocycles. The van der Waals surface area contributed by atoms with Gasteiger partial charge in [0.2, 0.25) is 0 Å². The molecular formula is C20H22N4O2. The summed E-state index contributed by atoms with van der Waals surface area (Å²) in [5, 5.41) is 12.5. The highest BCUT2D eigenvalue weighted by atomic mass is 16.5. The number of hydroxylamine groups is 1. The fourth-order valence-electron chi connectivity index (χ4n) is 2.95. The van der Waals surface area contributed by atoms with Crippen molar-refractivity contribution in [1.82, 2.24) is 15.0 Å². The van der Waals surface area contributed by atoms with Crippen LogP contribution in [0.4, 0.5) is 5.69 Å². The normalized spacial score (nSPS) is 11.7. The molecule has 3 N–H and O–H groups in total. The average molecular weight is 350 g/mol. The lowest BCUT2D eigenvalue weighted by molar-refractivity contribution is -0.129. The second-order valence-corrected chi connectivity index (χ2v) is 6.03. The van der Waals surface area contributed by atoms with Crippen LogP contribution >= 0.6 is 0 Å². The summed E-state index contributed by atoms with van der Waals surface area (Å²) in [5.74, 6) is -1.01. The predicted octanol–water partition coefficient (Wildman–Crippen LogP) is 3.02. The lowest BCUT2D eigenvalue weighted by Gasteiger charge is -2.17. The van der Waals surface area contributed by atoms with Crippen molar-refractivity contribution in [2.45, 2.75) is 18.9 Å². The fourth-order valence-corrected chi connectivity index (χ4v) is 2.95. The van der Waals surface area contributed by atoms with Crippen molar-refractivity contribution in [3.8, 4) is 0 Å². The number of nitrogens with one attached hydrogen (secondary N) is 2. The summed E-state index contributed by atoms with van der Waals surface area (Å²) in [4.78, 5) is 16.3. The molecule has 0 fully saturated rings. The minimum Gasteiger partial charge on any atom is -0.385 e. The van der Waals surface area contributed by atoms with Crippen LogP contribution in [-0.2, 0) is 11.3 Å². The van der Waals surface area contributed by atoms with Gasteiger partial charge in [0.15, 0.2) is 0 Å². The van der Waals surface area contributed by atoms with E-state index in [1.807, 2.05) is 65.4 Å². The fraction of sp³-hybridized carbons (Fsp3) is 0.200. The predicted molar refractivity (Wildman–Crippen MR) is 100.0 cm³/mol. The number of anilines is 1. The van der Waals surface area contributed by atoms with E-state index in [0.717, 1.165) is 36.3 Å². The average Bonchev–Trinajstić information content (AvgIpc) is 3.20. The maximum absolute atomic E-state index is 12.2. The van der Waals surface area contributed by atoms with Gasteiger partial charge in [0, 0.05) is 31.2 Å². The van der Waals surface area contributed by atoms with Crippen molar-refractivity contribution < 1.29 is 10.0 Å². The molecule has 134 valence electrons. The number of amides is 1. The standard InChI is InChI=1S/C20H22N4O2/c25-20(23-26)19(16-6-2-1-3-7-16)17-8-4-9-18(14-17)22-10-5-12-24-13-11-21-15-24/h1-4,6-9,11,13-15,19,22,26H,5,10,12H2,(H,23,25). The first-order valence-electron chi connectivity index (χ1n) is 8.56. The molecule has 1 aromatic heterocycles. The Morgan fingerprint density at radius 3 is 2.65 bits per heavy atom. The molecule has 1 amide bonds. The van der Waals surface area contributed by atoms with Crippen molar-refractivity contribution in [1.29, 1.82) is 0 Å². The van der Waals surface area contributed by atoms with Crippen LogP contribution in [0.15, 0.2) is 73.3 Å². The van der Waals surface area contributed by atoms with E-state index in [0.29, 0.717) is 0 Å². The monoisotopic (exact) mass is 350 g/mol. The Morgan fingerprint density at radius 2 is 1.92 bits per heavy atom. The van der Waals surface area contributed by atoms with E-state index in [-0.39, 0.29) is 0 Å². The molecule has 6 nitrogen and oxygen atoms in total. The van der Waals surface area contributed by atoms with E-state index >= 15 is 0 Å². The second-order valence-electron chi connectivity index (χ2n) is 6.03. The summed E-state index contributed by atoms with van der Waals surface area (Å²) in [7, 11) is 0. The van der Waals surface area contributed by atoms with Gasteiger partial charge in [-0.15, -0.1) is 0 Å². The number of nitrogens with zero attached hydrogens (tertiary/aromatic N) is 2. The number of aromatic nitrogens is 2. The quantitative estimate of drug-likeness (QED) is 0.331. The van der Waals surface area contributed by atoms with Crippen LogP contribution in [0.2, 0.25) is 0 Å². The maximum Gasteiger partial charge on any atom is 0.255 e. The topological polar surface area (TPSA) is 79.2 Å². The summed E-state index contributed by atoms with van der Waals surface area (Å²) in [5.41, 5.74) is 4.38. The molecule has 0 saturated carbocycles. The molecule has 0 aliphatic rings. The Labute approximate surface area is 152 Å². The van der Waals surface area contributed by atoms with Crippen molar-refractivity contribution in [2.24, 2.45) is 0 Å². The molecule has 0 aliphatic carbocycles. The van der Waals surface area contributed by atoms with Crippen molar-refractivity contribution >= 4 is 11.6 Å². The van der Waals surface area contributed by atoms with E-state index in [1.165, 1.54) is 0 Å². The van der Waals surface area contributed by atoms with Crippen LogP contribution in [0.5, 0.6) is 0 Å². The molecule has 2 aromatic carbocycles. The highest BCUT2D eigenvalue weighted by molar-refractivity contribution is 5.86. The Bertz CT molecular complexity index is 819. The molecule has 6 heteroatoms. The minimum atomic E-state index is -0.561. The van der Waals surface area contributed by atoms with Gasteiger partial charge in [0.25, 0.3) is 5.91 Å². The van der Waals surface area contributed by atoms with Gasteiger partial charge in [-0.1, -0.05) is 42.5 Å². The minimum absolute atomic E-state index is 0.451. The summed E-state index contributed by atoms with van der Waals surface area (Å²) in [6.45, 7) is 1.70. The van der Waals surface area contributed by atoms with Crippen LogP contribution in [-0.4, -0.2) is 27.2 Å². The Balaban J connectivity index is 1.69. The number of benzene rings is 2. The molecule has 0 radical (unpaired) electrons. The molecule has 3 aromatic rings. The number of hydrogen-bond acceptors (Lipinski definition) is 4. The third-order valence-corrected chi connectivity index (χ3v) is 4.21. The molecule has 0 spiro atoms. The number of carbonyl (C=O) groups excluding carboxylic acids is 1. The zero-order chi connectivity index (χ0) is 18.2. The van der Waals surface area contributed by atoms with Crippen LogP contribution < -0.4 is 10.8 Å². The summed E-state index contributed by atoms with van der Waals surface area (Å²) in [6, 6.07) is 17.1. The molecule has 0 aliphatic heterocycles. The Morgan fingerprint density at radius 1 is 1.12 bits per heavy atom. The number of imidazole rings is 1. The third-order valence-electron chi connectivity index (χ3n) is 4.21. The van der Waals surface area contributed by atoms with Gasteiger partial charge in [-0.3, -0.25) is 10.0 Å². The van der Waals surface area contributed by atoms with Crippen LogP contribution in [0.1, 0.15) is 23.5 Å². The van der Waals surface area contributed by atoms with Gasteiger partial charge in [-0.2, -0.15) is 0 Å². The van der Waals surface area contributed by atoms with Gasteiger partial charge in [-0.05, 0) is 29.7 Å². The number of carbonyl (C=O) groups is 1. The van der Waals surface area contributed by atoms with Crippen molar-refractivity contribution in [3.63, 3.8) is 0 Å². The smallest absolute Gasteiger partial charge is 0.255 e. The molecule has 26 heavy (non-hydrogen) atoms. The summed E-state index contributed by atoms with van der Waals surface area (Å²) < 4.78 is 2.04. The first-order valence-corrected chi connectivity index (χ1v) is 8.56. The van der Waals surface area contributed by atoms with Crippen LogP contribution in [0, 0.1) is 0 Å². The van der Waals surface area contributed by atoms with Gasteiger partial charge in [0.1, 0.15) is 0 Å². The Hall–Kier alpha value is -3.12. The highest BCUT2D eigenvalue weighted by Crippen LogP contribution is 2.26. The number of aryl methyl sites for hydroxylation is 1. The largest absolute Gasteiger partial charge is 0.385 e. The first kappa shape index (κ1) is 17.7. The maximum atomic E-state index is 12.2. The summed E-state index contributed by atoms with van der Waals surface area (Å²) in [6.07, 6.45) is 6.48. The number of hydrogen-bond donors (Lipinski definition) is 3. The van der Waals surface area contributed by atoms with Crippen molar-refractivity contribution in [2.75, 3.05) is 11.9 Å². The highest BCUT2D eigenvalue weighted by Gasteiger charge is 2.22. The SMILES string of the molecule is O=C(NO)C(c1ccccc1)c1cccc(NCCCn2ccnc2)c1. The lowest BCUT2D eigenvalue weighted by atomic mass is 9.90. The third kappa shape index (κ3) is 4.49. The van der Waals surface area contributed by atoms with Gasteiger partial charge >= 0.3 is 0 Å². The molecule has 1 unspecified atom stereocenters. The zero-order valence-electron chi connectivity index (χ0n) is 14.4. The Kier molecular flexibility index (Phi) is 6.01. The van der Waals surface area contributed by atoms with Gasteiger partial charge in [-0.25, -0.2) is 10.5 Å². The zero-order valence-corrected chi connectivity index (χ0v) is 14.4. The second kappa shape index (κ2) is 8.82. The molecular weight excluding hydrogens is 328 g/mol.